The molecule has 0 spiro atoms. The third-order valence-corrected chi connectivity index (χ3v) is 3.16. The highest BCUT2D eigenvalue weighted by Gasteiger charge is 2.40. The van der Waals surface area contributed by atoms with Crippen molar-refractivity contribution in [3.8, 4) is 5.75 Å². The molecule has 1 aliphatic heterocycles. The molecule has 0 aromatic heterocycles. The standard InChI is InChI=1S/C14H16F2N2O4/c15-14(16)4-5-18(9-14)13(21)17-7-10-2-1-3-11(6-10)22-8-12(19)20/h1-3,6H,4-5,7-9H2,(H,17,21)(H,19,20). The molecule has 2 amide bonds. The van der Waals surface area contributed by atoms with Crippen molar-refractivity contribution in [2.75, 3.05) is 19.7 Å². The van der Waals surface area contributed by atoms with Crippen molar-refractivity contribution in [1.29, 1.82) is 0 Å². The minimum absolute atomic E-state index is 0.0284. The third kappa shape index (κ3) is 4.57. The van der Waals surface area contributed by atoms with Crippen LogP contribution in [0.25, 0.3) is 0 Å². The fourth-order valence-corrected chi connectivity index (χ4v) is 2.09. The maximum absolute atomic E-state index is 13.0. The first-order valence-electron chi connectivity index (χ1n) is 6.70. The van der Waals surface area contributed by atoms with Crippen molar-refractivity contribution < 1.29 is 28.2 Å². The van der Waals surface area contributed by atoms with E-state index in [9.17, 15) is 18.4 Å². The van der Waals surface area contributed by atoms with Crippen molar-refractivity contribution >= 4 is 12.0 Å². The molecule has 0 bridgehead atoms. The van der Waals surface area contributed by atoms with E-state index in [-0.39, 0.29) is 19.5 Å². The van der Waals surface area contributed by atoms with Crippen LogP contribution in [0.5, 0.6) is 5.75 Å². The predicted molar refractivity (Wildman–Crippen MR) is 72.9 cm³/mol. The highest BCUT2D eigenvalue weighted by molar-refractivity contribution is 5.74. The molecule has 0 radical (unpaired) electrons. The van der Waals surface area contributed by atoms with Crippen molar-refractivity contribution in [2.24, 2.45) is 0 Å². The van der Waals surface area contributed by atoms with Gasteiger partial charge >= 0.3 is 12.0 Å². The number of rotatable bonds is 5. The quantitative estimate of drug-likeness (QED) is 0.867. The number of ether oxygens (including phenoxy) is 1. The van der Waals surface area contributed by atoms with Gasteiger partial charge in [-0.15, -0.1) is 0 Å². The summed E-state index contributed by atoms with van der Waals surface area (Å²) in [5.74, 6) is -3.54. The Hall–Kier alpha value is -2.38. The Balaban J connectivity index is 1.85. The number of carbonyl (C=O) groups is 2. The molecule has 22 heavy (non-hydrogen) atoms. The van der Waals surface area contributed by atoms with E-state index in [2.05, 4.69) is 5.32 Å². The Kier molecular flexibility index (Phi) is 4.79. The molecule has 2 N–H and O–H groups in total. The predicted octanol–water partition coefficient (Wildman–Crippen LogP) is 1.70. The highest BCUT2D eigenvalue weighted by atomic mass is 19.3. The molecule has 1 fully saturated rings. The van der Waals surface area contributed by atoms with Crippen LogP contribution >= 0.6 is 0 Å². The normalized spacial score (nSPS) is 16.4. The fourth-order valence-electron chi connectivity index (χ4n) is 2.09. The lowest BCUT2D eigenvalue weighted by atomic mass is 10.2. The number of nitrogens with one attached hydrogen (secondary N) is 1. The zero-order valence-corrected chi connectivity index (χ0v) is 11.7. The van der Waals surface area contributed by atoms with Gasteiger partial charge in [0.05, 0.1) is 6.54 Å². The molecule has 1 aliphatic rings. The van der Waals surface area contributed by atoms with Crippen molar-refractivity contribution in [3.05, 3.63) is 29.8 Å². The van der Waals surface area contributed by atoms with Crippen LogP contribution in [0.4, 0.5) is 13.6 Å². The number of hydrogen-bond acceptors (Lipinski definition) is 3. The van der Waals surface area contributed by atoms with Crippen LogP contribution in [0, 0.1) is 0 Å². The Morgan fingerprint density at radius 1 is 1.41 bits per heavy atom. The summed E-state index contributed by atoms with van der Waals surface area (Å²) in [5.41, 5.74) is 0.683. The van der Waals surface area contributed by atoms with Crippen molar-refractivity contribution in [1.82, 2.24) is 10.2 Å². The maximum Gasteiger partial charge on any atom is 0.341 e. The van der Waals surface area contributed by atoms with E-state index in [1.807, 2.05) is 0 Å². The zero-order chi connectivity index (χ0) is 16.2. The van der Waals surface area contributed by atoms with Gasteiger partial charge < -0.3 is 20.1 Å². The summed E-state index contributed by atoms with van der Waals surface area (Å²) in [6.07, 6.45) is -0.321. The maximum atomic E-state index is 13.0. The number of carboxylic acid groups (broad SMARTS) is 1. The van der Waals surface area contributed by atoms with Crippen LogP contribution in [-0.2, 0) is 11.3 Å². The van der Waals surface area contributed by atoms with Crippen molar-refractivity contribution in [2.45, 2.75) is 18.9 Å². The number of amides is 2. The number of urea groups is 1. The average molecular weight is 314 g/mol. The summed E-state index contributed by atoms with van der Waals surface area (Å²) < 4.78 is 31.1. The van der Waals surface area contributed by atoms with Gasteiger partial charge in [-0.1, -0.05) is 12.1 Å². The van der Waals surface area contributed by atoms with Gasteiger partial charge in [-0.25, -0.2) is 18.4 Å². The van der Waals surface area contributed by atoms with Gasteiger partial charge in [-0.05, 0) is 17.7 Å². The average Bonchev–Trinajstić information content (AvgIpc) is 2.83. The van der Waals surface area contributed by atoms with E-state index < -0.39 is 31.1 Å². The number of aliphatic carboxylic acids is 1. The number of carbonyl (C=O) groups excluding carboxylic acids is 1. The number of hydrogen-bond donors (Lipinski definition) is 2. The molecule has 0 saturated carbocycles. The lowest BCUT2D eigenvalue weighted by Crippen LogP contribution is -2.39. The largest absolute Gasteiger partial charge is 0.482 e. The molecule has 1 aromatic carbocycles. The van der Waals surface area contributed by atoms with E-state index >= 15 is 0 Å². The Bertz CT molecular complexity index is 566. The summed E-state index contributed by atoms with van der Waals surface area (Å²) in [6.45, 7) is -0.856. The fraction of sp³-hybridized carbons (Fsp3) is 0.429. The molecule has 1 saturated heterocycles. The lowest BCUT2D eigenvalue weighted by molar-refractivity contribution is -0.139. The van der Waals surface area contributed by atoms with Crippen LogP contribution in [0.3, 0.4) is 0 Å². The molecule has 120 valence electrons. The molecule has 2 rings (SSSR count). The first-order valence-corrected chi connectivity index (χ1v) is 6.70. The Morgan fingerprint density at radius 2 is 2.18 bits per heavy atom. The number of halogens is 2. The van der Waals surface area contributed by atoms with Crippen LogP contribution < -0.4 is 10.1 Å². The van der Waals surface area contributed by atoms with E-state index in [4.69, 9.17) is 9.84 Å². The molecule has 1 heterocycles. The molecule has 0 atom stereocenters. The molecule has 1 aromatic rings. The number of likely N-dealkylation sites (tertiary alicyclic amines) is 1. The molecule has 8 heteroatoms. The van der Waals surface area contributed by atoms with Gasteiger partial charge in [-0.2, -0.15) is 0 Å². The smallest absolute Gasteiger partial charge is 0.341 e. The second kappa shape index (κ2) is 6.59. The first kappa shape index (κ1) is 16.0. The molecular weight excluding hydrogens is 298 g/mol. The Morgan fingerprint density at radius 3 is 2.82 bits per heavy atom. The van der Waals surface area contributed by atoms with Crippen molar-refractivity contribution in [3.63, 3.8) is 0 Å². The van der Waals surface area contributed by atoms with E-state index in [1.54, 1.807) is 24.3 Å². The second-order valence-electron chi connectivity index (χ2n) is 5.02. The van der Waals surface area contributed by atoms with E-state index in [0.29, 0.717) is 11.3 Å². The second-order valence-corrected chi connectivity index (χ2v) is 5.02. The first-order chi connectivity index (χ1) is 10.4. The number of nitrogens with zero attached hydrogens (tertiary/aromatic N) is 1. The molecule has 0 unspecified atom stereocenters. The summed E-state index contributed by atoms with van der Waals surface area (Å²) in [4.78, 5) is 23.3. The molecular formula is C14H16F2N2O4. The zero-order valence-electron chi connectivity index (χ0n) is 11.7. The summed E-state index contributed by atoms with van der Waals surface area (Å²) in [6, 6.07) is 6.00. The SMILES string of the molecule is O=C(O)COc1cccc(CNC(=O)N2CCC(F)(F)C2)c1. The van der Waals surface area contributed by atoms with Crippen LogP contribution in [0.2, 0.25) is 0 Å². The van der Waals surface area contributed by atoms with Crippen LogP contribution in [0.1, 0.15) is 12.0 Å². The van der Waals surface area contributed by atoms with Crippen LogP contribution in [-0.4, -0.2) is 47.6 Å². The minimum atomic E-state index is -2.82. The molecule has 0 aliphatic carbocycles. The molecule has 6 nitrogen and oxygen atoms in total. The van der Waals surface area contributed by atoms with Gasteiger partial charge in [0.25, 0.3) is 5.92 Å². The van der Waals surface area contributed by atoms with E-state index in [0.717, 1.165) is 4.90 Å². The summed E-state index contributed by atoms with van der Waals surface area (Å²) in [5, 5.41) is 11.1. The van der Waals surface area contributed by atoms with Gasteiger partial charge in [0.1, 0.15) is 5.75 Å². The number of carboxylic acids is 1. The van der Waals surface area contributed by atoms with Gasteiger partial charge in [0, 0.05) is 19.5 Å². The number of benzene rings is 1. The van der Waals surface area contributed by atoms with Crippen LogP contribution in [0.15, 0.2) is 24.3 Å². The Labute approximate surface area is 125 Å². The lowest BCUT2D eigenvalue weighted by Gasteiger charge is -2.17. The summed E-state index contributed by atoms with van der Waals surface area (Å²) >= 11 is 0. The highest BCUT2D eigenvalue weighted by Crippen LogP contribution is 2.26. The number of alkyl halides is 2. The topological polar surface area (TPSA) is 78.9 Å². The van der Waals surface area contributed by atoms with E-state index in [1.165, 1.54) is 0 Å². The minimum Gasteiger partial charge on any atom is -0.482 e. The van der Waals surface area contributed by atoms with Gasteiger partial charge in [-0.3, -0.25) is 0 Å². The monoisotopic (exact) mass is 314 g/mol. The third-order valence-electron chi connectivity index (χ3n) is 3.16. The van der Waals surface area contributed by atoms with Gasteiger partial charge in [0.2, 0.25) is 0 Å². The summed E-state index contributed by atoms with van der Waals surface area (Å²) in [7, 11) is 0. The van der Waals surface area contributed by atoms with Gasteiger partial charge in [0.15, 0.2) is 6.61 Å².